The maximum Gasteiger partial charge on any atom is 0.133 e. The third-order valence-electron chi connectivity index (χ3n) is 2.82. The molecule has 0 bridgehead atoms. The highest BCUT2D eigenvalue weighted by Gasteiger charge is 2.03. The first kappa shape index (κ1) is 14.1. The summed E-state index contributed by atoms with van der Waals surface area (Å²) in [6, 6.07) is 6.10. The minimum absolute atomic E-state index is 0.807. The molecule has 1 N–H and O–H groups in total. The van der Waals surface area contributed by atoms with E-state index in [1.807, 2.05) is 12.4 Å². The number of hydrogen-bond acceptors (Lipinski definition) is 3. The van der Waals surface area contributed by atoms with Gasteiger partial charge in [-0.2, -0.15) is 0 Å². The number of benzene rings is 1. The second kappa shape index (κ2) is 6.73. The summed E-state index contributed by atoms with van der Waals surface area (Å²) in [5, 5.41) is 3.27. The summed E-state index contributed by atoms with van der Waals surface area (Å²) in [6.45, 7) is 4.67. The van der Waals surface area contributed by atoms with E-state index in [-0.39, 0.29) is 0 Å². The Kier molecular flexibility index (Phi) is 4.99. The van der Waals surface area contributed by atoms with Crippen molar-refractivity contribution in [2.45, 2.75) is 20.0 Å². The summed E-state index contributed by atoms with van der Waals surface area (Å²) in [7, 11) is 1.67. The molecule has 0 saturated heterocycles. The Balaban J connectivity index is 2.04. The van der Waals surface area contributed by atoms with E-state index in [0.29, 0.717) is 0 Å². The molecule has 0 aliphatic carbocycles. The lowest BCUT2D eigenvalue weighted by Crippen LogP contribution is -2.11. The number of halogens is 1. The SMILES string of the molecule is CCNCc1cn(Cc2ccc(OC)c(Br)c2)cn1. The third kappa shape index (κ3) is 3.81. The molecular formula is C14H18BrN3O. The second-order valence-electron chi connectivity index (χ2n) is 4.29. The molecule has 0 unspecified atom stereocenters. The fraction of sp³-hybridized carbons (Fsp3) is 0.357. The van der Waals surface area contributed by atoms with Crippen LogP contribution in [0.25, 0.3) is 0 Å². The van der Waals surface area contributed by atoms with Gasteiger partial charge in [-0.1, -0.05) is 13.0 Å². The minimum atomic E-state index is 0.807. The zero-order chi connectivity index (χ0) is 13.7. The first-order valence-electron chi connectivity index (χ1n) is 6.26. The smallest absolute Gasteiger partial charge is 0.133 e. The molecule has 1 aromatic heterocycles. The Morgan fingerprint density at radius 3 is 2.95 bits per heavy atom. The van der Waals surface area contributed by atoms with Crippen molar-refractivity contribution in [2.24, 2.45) is 0 Å². The van der Waals surface area contributed by atoms with E-state index < -0.39 is 0 Å². The molecule has 0 fully saturated rings. The predicted molar refractivity (Wildman–Crippen MR) is 79.4 cm³/mol. The molecule has 2 rings (SSSR count). The monoisotopic (exact) mass is 323 g/mol. The third-order valence-corrected chi connectivity index (χ3v) is 3.44. The van der Waals surface area contributed by atoms with Gasteiger partial charge in [0.25, 0.3) is 0 Å². The number of hydrogen-bond donors (Lipinski definition) is 1. The molecule has 0 aliphatic heterocycles. The minimum Gasteiger partial charge on any atom is -0.496 e. The molecule has 1 aromatic carbocycles. The van der Waals surface area contributed by atoms with Gasteiger partial charge < -0.3 is 14.6 Å². The van der Waals surface area contributed by atoms with Crippen molar-refractivity contribution in [3.8, 4) is 5.75 Å². The first-order chi connectivity index (χ1) is 9.22. The summed E-state index contributed by atoms with van der Waals surface area (Å²) in [5.74, 6) is 0.849. The molecule has 2 aromatic rings. The van der Waals surface area contributed by atoms with Crippen molar-refractivity contribution in [3.05, 3.63) is 46.5 Å². The lowest BCUT2D eigenvalue weighted by Gasteiger charge is -2.06. The van der Waals surface area contributed by atoms with E-state index in [4.69, 9.17) is 4.74 Å². The molecule has 19 heavy (non-hydrogen) atoms. The second-order valence-corrected chi connectivity index (χ2v) is 5.14. The topological polar surface area (TPSA) is 39.1 Å². The Morgan fingerprint density at radius 2 is 2.26 bits per heavy atom. The van der Waals surface area contributed by atoms with E-state index in [9.17, 15) is 0 Å². The van der Waals surface area contributed by atoms with Gasteiger partial charge in [-0.05, 0) is 40.2 Å². The van der Waals surface area contributed by atoms with Gasteiger partial charge >= 0.3 is 0 Å². The highest BCUT2D eigenvalue weighted by Crippen LogP contribution is 2.25. The average molecular weight is 324 g/mol. The maximum absolute atomic E-state index is 5.22. The number of ether oxygens (including phenoxy) is 1. The van der Waals surface area contributed by atoms with Crippen LogP contribution in [-0.4, -0.2) is 23.2 Å². The van der Waals surface area contributed by atoms with E-state index in [1.54, 1.807) is 7.11 Å². The van der Waals surface area contributed by atoms with Crippen molar-refractivity contribution in [3.63, 3.8) is 0 Å². The van der Waals surface area contributed by atoms with Crippen LogP contribution in [0.2, 0.25) is 0 Å². The van der Waals surface area contributed by atoms with Gasteiger partial charge in [0.1, 0.15) is 5.75 Å². The van der Waals surface area contributed by atoms with Crippen LogP contribution in [0, 0.1) is 0 Å². The van der Waals surface area contributed by atoms with Gasteiger partial charge in [-0.3, -0.25) is 0 Å². The van der Waals surface area contributed by atoms with Crippen LogP contribution < -0.4 is 10.1 Å². The largest absolute Gasteiger partial charge is 0.496 e. The molecule has 0 atom stereocenters. The number of imidazole rings is 1. The van der Waals surface area contributed by atoms with Crippen LogP contribution in [0.15, 0.2) is 35.2 Å². The van der Waals surface area contributed by atoms with Gasteiger partial charge in [0, 0.05) is 19.3 Å². The lowest BCUT2D eigenvalue weighted by molar-refractivity contribution is 0.412. The summed E-state index contributed by atoms with van der Waals surface area (Å²) >= 11 is 3.50. The quantitative estimate of drug-likeness (QED) is 0.888. The van der Waals surface area contributed by atoms with Gasteiger partial charge in [-0.15, -0.1) is 0 Å². The van der Waals surface area contributed by atoms with E-state index in [2.05, 4.69) is 56.1 Å². The number of aromatic nitrogens is 2. The molecule has 102 valence electrons. The normalized spacial score (nSPS) is 10.7. The predicted octanol–water partition coefficient (Wildman–Crippen LogP) is 2.81. The average Bonchev–Trinajstić information content (AvgIpc) is 2.84. The van der Waals surface area contributed by atoms with E-state index in [0.717, 1.165) is 35.6 Å². The Labute approximate surface area is 121 Å². The first-order valence-corrected chi connectivity index (χ1v) is 7.06. The van der Waals surface area contributed by atoms with Crippen LogP contribution >= 0.6 is 15.9 Å². The van der Waals surface area contributed by atoms with Crippen molar-refractivity contribution < 1.29 is 4.74 Å². The highest BCUT2D eigenvalue weighted by molar-refractivity contribution is 9.10. The van der Waals surface area contributed by atoms with Crippen molar-refractivity contribution in [1.82, 2.24) is 14.9 Å². The van der Waals surface area contributed by atoms with Crippen LogP contribution in [0.1, 0.15) is 18.2 Å². The van der Waals surface area contributed by atoms with Gasteiger partial charge in [0.05, 0.1) is 23.6 Å². The number of nitrogens with zero attached hydrogens (tertiary/aromatic N) is 2. The summed E-state index contributed by atoms with van der Waals surface area (Å²) in [4.78, 5) is 4.37. The number of nitrogens with one attached hydrogen (secondary N) is 1. The molecule has 0 saturated carbocycles. The highest BCUT2D eigenvalue weighted by atomic mass is 79.9. The van der Waals surface area contributed by atoms with Crippen LogP contribution in [0.5, 0.6) is 5.75 Å². The van der Waals surface area contributed by atoms with Crippen molar-refractivity contribution in [1.29, 1.82) is 0 Å². The Hall–Kier alpha value is -1.33. The van der Waals surface area contributed by atoms with Crippen LogP contribution in [0.4, 0.5) is 0 Å². The maximum atomic E-state index is 5.22. The fourth-order valence-corrected chi connectivity index (χ4v) is 2.44. The van der Waals surface area contributed by atoms with Crippen molar-refractivity contribution in [2.75, 3.05) is 13.7 Å². The molecule has 0 spiro atoms. The molecule has 1 heterocycles. The van der Waals surface area contributed by atoms with Crippen LogP contribution in [-0.2, 0) is 13.1 Å². The zero-order valence-electron chi connectivity index (χ0n) is 11.2. The zero-order valence-corrected chi connectivity index (χ0v) is 12.8. The van der Waals surface area contributed by atoms with Gasteiger partial charge in [0.2, 0.25) is 0 Å². The molecule has 4 nitrogen and oxygen atoms in total. The summed E-state index contributed by atoms with van der Waals surface area (Å²) < 4.78 is 8.28. The van der Waals surface area contributed by atoms with E-state index >= 15 is 0 Å². The standard InChI is InChI=1S/C14H18BrN3O/c1-3-16-7-12-9-18(10-17-12)8-11-4-5-14(19-2)13(15)6-11/h4-6,9-10,16H,3,7-8H2,1-2H3. The Bertz CT molecular complexity index is 539. The van der Waals surface area contributed by atoms with Crippen molar-refractivity contribution >= 4 is 15.9 Å². The molecule has 0 radical (unpaired) electrons. The van der Waals surface area contributed by atoms with Gasteiger partial charge in [0.15, 0.2) is 0 Å². The fourth-order valence-electron chi connectivity index (χ4n) is 1.86. The summed E-state index contributed by atoms with van der Waals surface area (Å²) in [5.41, 5.74) is 2.27. The number of methoxy groups -OCH3 is 1. The Morgan fingerprint density at radius 1 is 1.42 bits per heavy atom. The molecular weight excluding hydrogens is 306 g/mol. The van der Waals surface area contributed by atoms with Crippen LogP contribution in [0.3, 0.4) is 0 Å². The molecule has 0 amide bonds. The van der Waals surface area contributed by atoms with Gasteiger partial charge in [-0.25, -0.2) is 4.98 Å². The summed E-state index contributed by atoms with van der Waals surface area (Å²) in [6.07, 6.45) is 3.94. The molecule has 0 aliphatic rings. The number of rotatable bonds is 6. The lowest BCUT2D eigenvalue weighted by atomic mass is 10.2. The van der Waals surface area contributed by atoms with E-state index in [1.165, 1.54) is 5.56 Å². The molecule has 5 heteroatoms.